The van der Waals surface area contributed by atoms with Gasteiger partial charge in [-0.2, -0.15) is 4.98 Å². The Hall–Kier alpha value is -3.40. The van der Waals surface area contributed by atoms with E-state index in [0.29, 0.717) is 36.7 Å². The molecule has 2 amide bonds. The van der Waals surface area contributed by atoms with Gasteiger partial charge >= 0.3 is 6.09 Å². The summed E-state index contributed by atoms with van der Waals surface area (Å²) in [6.07, 6.45) is 3.91. The molecule has 1 aromatic carbocycles. The summed E-state index contributed by atoms with van der Waals surface area (Å²) < 4.78 is 5.54. The SMILES string of the molecule is CC(C)c1cc(Nc2nc(N3CCCC(NC(=O)O)C3)ncc2C(N)=O)cc(C2CCOCC2)c1. The Bertz CT molecular complexity index is 1070. The Kier molecular flexibility index (Phi) is 7.70. The van der Waals surface area contributed by atoms with E-state index in [4.69, 9.17) is 15.6 Å². The molecule has 1 aromatic heterocycles. The van der Waals surface area contributed by atoms with E-state index in [1.807, 2.05) is 4.90 Å². The van der Waals surface area contributed by atoms with Crippen LogP contribution in [0.5, 0.6) is 0 Å². The summed E-state index contributed by atoms with van der Waals surface area (Å²) in [5.74, 6) is 0.909. The van der Waals surface area contributed by atoms with E-state index in [1.54, 1.807) is 0 Å². The molecule has 4 rings (SSSR count). The van der Waals surface area contributed by atoms with Crippen LogP contribution >= 0.6 is 0 Å². The Morgan fingerprint density at radius 3 is 2.66 bits per heavy atom. The molecular formula is C25H34N6O4. The van der Waals surface area contributed by atoms with Crippen LogP contribution in [0, 0.1) is 0 Å². The number of benzene rings is 1. The minimum atomic E-state index is -1.05. The molecular weight excluding hydrogens is 448 g/mol. The van der Waals surface area contributed by atoms with Crippen molar-refractivity contribution in [1.82, 2.24) is 15.3 Å². The molecule has 0 radical (unpaired) electrons. The summed E-state index contributed by atoms with van der Waals surface area (Å²) in [4.78, 5) is 34.2. The topological polar surface area (TPSA) is 143 Å². The van der Waals surface area contributed by atoms with Crippen molar-refractivity contribution in [1.29, 1.82) is 0 Å². The van der Waals surface area contributed by atoms with Gasteiger partial charge in [0.1, 0.15) is 11.4 Å². The van der Waals surface area contributed by atoms with Crippen molar-refractivity contribution < 1.29 is 19.4 Å². The number of aromatic nitrogens is 2. The zero-order chi connectivity index (χ0) is 24.9. The number of anilines is 3. The van der Waals surface area contributed by atoms with Crippen molar-refractivity contribution >= 4 is 29.5 Å². The first kappa shape index (κ1) is 24.7. The highest BCUT2D eigenvalue weighted by Gasteiger charge is 2.25. The van der Waals surface area contributed by atoms with Crippen LogP contribution in [0.2, 0.25) is 0 Å². The second kappa shape index (κ2) is 10.9. The maximum atomic E-state index is 12.2. The predicted molar refractivity (Wildman–Crippen MR) is 134 cm³/mol. The van der Waals surface area contributed by atoms with Crippen LogP contribution in [0.15, 0.2) is 24.4 Å². The van der Waals surface area contributed by atoms with Gasteiger partial charge in [0, 0.05) is 44.2 Å². The fourth-order valence-electron chi connectivity index (χ4n) is 4.74. The fraction of sp³-hybridized carbons (Fsp3) is 0.520. The van der Waals surface area contributed by atoms with Crippen molar-refractivity contribution in [2.24, 2.45) is 5.73 Å². The summed E-state index contributed by atoms with van der Waals surface area (Å²) in [6.45, 7) is 6.98. The molecule has 2 aliphatic rings. The molecule has 1 atom stereocenters. The molecule has 2 fully saturated rings. The maximum absolute atomic E-state index is 12.2. The van der Waals surface area contributed by atoms with Crippen LogP contribution in [-0.4, -0.2) is 59.4 Å². The van der Waals surface area contributed by atoms with Crippen molar-refractivity contribution in [2.75, 3.05) is 36.5 Å². The van der Waals surface area contributed by atoms with Crippen LogP contribution in [0.3, 0.4) is 0 Å². The maximum Gasteiger partial charge on any atom is 0.404 e. The molecule has 2 aromatic rings. The normalized spacial score (nSPS) is 18.9. The number of nitrogens with zero attached hydrogens (tertiary/aromatic N) is 3. The smallest absolute Gasteiger partial charge is 0.404 e. The highest BCUT2D eigenvalue weighted by molar-refractivity contribution is 5.98. The molecule has 0 saturated carbocycles. The molecule has 3 heterocycles. The number of amides is 2. The third-order valence-electron chi connectivity index (χ3n) is 6.67. The number of rotatable bonds is 7. The summed E-state index contributed by atoms with van der Waals surface area (Å²) in [7, 11) is 0. The quantitative estimate of drug-likeness (QED) is 0.469. The van der Waals surface area contributed by atoms with E-state index in [-0.39, 0.29) is 11.6 Å². The van der Waals surface area contributed by atoms with E-state index >= 15 is 0 Å². The lowest BCUT2D eigenvalue weighted by atomic mass is 9.88. The van der Waals surface area contributed by atoms with Crippen LogP contribution in [0.25, 0.3) is 0 Å². The number of primary amides is 1. The first-order valence-electron chi connectivity index (χ1n) is 12.2. The summed E-state index contributed by atoms with van der Waals surface area (Å²) in [6, 6.07) is 6.24. The molecule has 2 saturated heterocycles. The number of carboxylic acid groups (broad SMARTS) is 1. The number of piperidine rings is 1. The molecule has 35 heavy (non-hydrogen) atoms. The monoisotopic (exact) mass is 482 g/mol. The Morgan fingerprint density at radius 1 is 1.20 bits per heavy atom. The fourth-order valence-corrected chi connectivity index (χ4v) is 4.74. The minimum absolute atomic E-state index is 0.202. The van der Waals surface area contributed by atoms with Crippen LogP contribution < -0.4 is 21.3 Å². The first-order valence-corrected chi connectivity index (χ1v) is 12.2. The van der Waals surface area contributed by atoms with Crippen LogP contribution in [0.4, 0.5) is 22.2 Å². The predicted octanol–water partition coefficient (Wildman–Crippen LogP) is 3.57. The van der Waals surface area contributed by atoms with Gasteiger partial charge in [0.2, 0.25) is 5.95 Å². The Morgan fingerprint density at radius 2 is 1.97 bits per heavy atom. The number of hydrogen-bond acceptors (Lipinski definition) is 7. The van der Waals surface area contributed by atoms with Gasteiger partial charge in [-0.1, -0.05) is 19.9 Å². The molecule has 10 nitrogen and oxygen atoms in total. The second-order valence-electron chi connectivity index (χ2n) is 9.59. The van der Waals surface area contributed by atoms with Gasteiger partial charge in [-0.25, -0.2) is 9.78 Å². The standard InChI is InChI=1S/C25H34N6O4/c1-15(2)17-10-18(16-5-8-35-9-6-16)12-20(11-17)28-23-21(22(26)32)13-27-24(30-23)31-7-3-4-19(14-31)29-25(33)34/h10-13,15-16,19,29H,3-9,14H2,1-2H3,(H2,26,32)(H,33,34)(H,27,28,30). The molecule has 0 aliphatic carbocycles. The van der Waals surface area contributed by atoms with E-state index in [9.17, 15) is 9.59 Å². The summed E-state index contributed by atoms with van der Waals surface area (Å²) in [5, 5.41) is 14.9. The van der Waals surface area contributed by atoms with E-state index in [1.165, 1.54) is 17.3 Å². The molecule has 188 valence electrons. The summed E-state index contributed by atoms with van der Waals surface area (Å²) in [5.41, 5.74) is 9.13. The molecule has 2 aliphatic heterocycles. The van der Waals surface area contributed by atoms with Gasteiger partial charge in [0.15, 0.2) is 0 Å². The average molecular weight is 483 g/mol. The third-order valence-corrected chi connectivity index (χ3v) is 6.67. The number of carbonyl (C=O) groups excluding carboxylic acids is 1. The van der Waals surface area contributed by atoms with E-state index < -0.39 is 12.0 Å². The number of carbonyl (C=O) groups is 2. The number of nitrogens with one attached hydrogen (secondary N) is 2. The Balaban J connectivity index is 1.64. The second-order valence-corrected chi connectivity index (χ2v) is 9.59. The zero-order valence-electron chi connectivity index (χ0n) is 20.3. The highest BCUT2D eigenvalue weighted by Crippen LogP contribution is 2.33. The number of nitrogens with two attached hydrogens (primary N) is 1. The van der Waals surface area contributed by atoms with Crippen molar-refractivity contribution in [3.63, 3.8) is 0 Å². The molecule has 0 spiro atoms. The van der Waals surface area contributed by atoms with Gasteiger partial charge in [0.25, 0.3) is 5.91 Å². The van der Waals surface area contributed by atoms with Gasteiger partial charge in [0.05, 0.1) is 0 Å². The lowest BCUT2D eigenvalue weighted by Crippen LogP contribution is -2.48. The van der Waals surface area contributed by atoms with Crippen LogP contribution in [-0.2, 0) is 4.74 Å². The summed E-state index contributed by atoms with van der Waals surface area (Å²) >= 11 is 0. The lowest BCUT2D eigenvalue weighted by Gasteiger charge is -2.32. The number of hydrogen-bond donors (Lipinski definition) is 4. The molecule has 10 heteroatoms. The van der Waals surface area contributed by atoms with Gasteiger partial charge in [-0.15, -0.1) is 0 Å². The zero-order valence-corrected chi connectivity index (χ0v) is 20.3. The highest BCUT2D eigenvalue weighted by atomic mass is 16.5. The first-order chi connectivity index (χ1) is 16.8. The third kappa shape index (κ3) is 6.19. The van der Waals surface area contributed by atoms with Crippen LogP contribution in [0.1, 0.15) is 72.9 Å². The lowest BCUT2D eigenvalue weighted by molar-refractivity contribution is 0.0853. The van der Waals surface area contributed by atoms with E-state index in [2.05, 4.69) is 52.6 Å². The van der Waals surface area contributed by atoms with Crippen molar-refractivity contribution in [2.45, 2.75) is 57.4 Å². The number of ether oxygens (including phenoxy) is 1. The van der Waals surface area contributed by atoms with Gasteiger partial charge in [-0.3, -0.25) is 4.79 Å². The minimum Gasteiger partial charge on any atom is -0.465 e. The Labute approximate surface area is 205 Å². The largest absolute Gasteiger partial charge is 0.465 e. The average Bonchev–Trinajstić information content (AvgIpc) is 2.84. The molecule has 5 N–H and O–H groups in total. The van der Waals surface area contributed by atoms with Crippen molar-refractivity contribution in [3.8, 4) is 0 Å². The van der Waals surface area contributed by atoms with Gasteiger partial charge < -0.3 is 31.1 Å². The van der Waals surface area contributed by atoms with E-state index in [0.717, 1.165) is 44.6 Å². The van der Waals surface area contributed by atoms with Crippen molar-refractivity contribution in [3.05, 3.63) is 41.1 Å². The molecule has 1 unspecified atom stereocenters. The molecule has 0 bridgehead atoms. The van der Waals surface area contributed by atoms with Gasteiger partial charge in [-0.05, 0) is 60.8 Å².